The monoisotopic (exact) mass is 230 g/mol. The van der Waals surface area contributed by atoms with Crippen molar-refractivity contribution in [3.63, 3.8) is 0 Å². The van der Waals surface area contributed by atoms with Gasteiger partial charge in [0.05, 0.1) is 5.69 Å². The smallest absolute Gasteiger partial charge is 0.0952 e. The standard InChI is InChI=1S/C13H16N2.C2H6/c1-10(2)15-9-11(3)13(14-15)12-7-5-4-6-8-12;1-2/h4-10H,1-3H3;1-2H3. The summed E-state index contributed by atoms with van der Waals surface area (Å²) in [5.41, 5.74) is 3.51. The van der Waals surface area contributed by atoms with E-state index in [1.54, 1.807) is 0 Å². The highest BCUT2D eigenvalue weighted by atomic mass is 15.3. The molecule has 0 aliphatic carbocycles. The number of rotatable bonds is 2. The Morgan fingerprint density at radius 2 is 1.65 bits per heavy atom. The van der Waals surface area contributed by atoms with Crippen molar-refractivity contribution in [3.8, 4) is 11.3 Å². The molecule has 0 fully saturated rings. The molecule has 0 spiro atoms. The second-order valence-electron chi connectivity index (χ2n) is 4.10. The molecule has 1 heterocycles. The third-order valence-electron chi connectivity index (χ3n) is 2.49. The number of hydrogen-bond donors (Lipinski definition) is 0. The van der Waals surface area contributed by atoms with E-state index in [-0.39, 0.29) is 0 Å². The van der Waals surface area contributed by atoms with Crippen LogP contribution in [0.15, 0.2) is 36.5 Å². The molecule has 0 saturated carbocycles. The fraction of sp³-hybridized carbons (Fsp3) is 0.400. The van der Waals surface area contributed by atoms with Crippen LogP contribution in [0.5, 0.6) is 0 Å². The minimum atomic E-state index is 0.418. The lowest BCUT2D eigenvalue weighted by Gasteiger charge is -2.03. The van der Waals surface area contributed by atoms with E-state index < -0.39 is 0 Å². The number of benzene rings is 1. The molecule has 2 rings (SSSR count). The zero-order valence-corrected chi connectivity index (χ0v) is 11.4. The zero-order valence-electron chi connectivity index (χ0n) is 11.4. The van der Waals surface area contributed by atoms with Crippen molar-refractivity contribution in [1.29, 1.82) is 0 Å². The highest BCUT2D eigenvalue weighted by molar-refractivity contribution is 5.62. The first kappa shape index (κ1) is 13.5. The van der Waals surface area contributed by atoms with E-state index in [0.717, 1.165) is 5.69 Å². The summed E-state index contributed by atoms with van der Waals surface area (Å²) in [7, 11) is 0. The summed E-state index contributed by atoms with van der Waals surface area (Å²) in [6.07, 6.45) is 2.10. The molecule has 92 valence electrons. The molecule has 0 atom stereocenters. The predicted octanol–water partition coefficient (Wildman–Crippen LogP) is 4.47. The molecule has 0 radical (unpaired) electrons. The Hall–Kier alpha value is -1.57. The van der Waals surface area contributed by atoms with E-state index in [1.165, 1.54) is 11.1 Å². The Morgan fingerprint density at radius 3 is 2.12 bits per heavy atom. The van der Waals surface area contributed by atoms with Gasteiger partial charge in [0.15, 0.2) is 0 Å². The van der Waals surface area contributed by atoms with E-state index in [2.05, 4.69) is 44.2 Å². The minimum absolute atomic E-state index is 0.418. The molecule has 0 bridgehead atoms. The molecule has 2 aromatic rings. The van der Waals surface area contributed by atoms with Gasteiger partial charge in [-0.2, -0.15) is 5.10 Å². The van der Waals surface area contributed by atoms with Crippen molar-refractivity contribution in [2.24, 2.45) is 0 Å². The molecule has 0 saturated heterocycles. The molecule has 0 N–H and O–H groups in total. The van der Waals surface area contributed by atoms with E-state index in [0.29, 0.717) is 6.04 Å². The van der Waals surface area contributed by atoms with E-state index in [1.807, 2.05) is 36.7 Å². The fourth-order valence-corrected chi connectivity index (χ4v) is 1.63. The van der Waals surface area contributed by atoms with Crippen molar-refractivity contribution in [2.45, 2.75) is 40.7 Å². The third-order valence-corrected chi connectivity index (χ3v) is 2.49. The molecular formula is C15H22N2. The molecule has 0 aliphatic heterocycles. The van der Waals surface area contributed by atoms with Gasteiger partial charge < -0.3 is 0 Å². The lowest BCUT2D eigenvalue weighted by atomic mass is 10.1. The summed E-state index contributed by atoms with van der Waals surface area (Å²) in [6, 6.07) is 10.7. The Balaban J connectivity index is 0.000000686. The molecule has 2 heteroatoms. The maximum Gasteiger partial charge on any atom is 0.0952 e. The van der Waals surface area contributed by atoms with Gasteiger partial charge in [0.25, 0.3) is 0 Å². The maximum absolute atomic E-state index is 4.60. The van der Waals surface area contributed by atoms with Crippen LogP contribution in [0.1, 0.15) is 39.3 Å². The summed E-state index contributed by atoms with van der Waals surface area (Å²) in [4.78, 5) is 0. The molecule has 0 unspecified atom stereocenters. The van der Waals surface area contributed by atoms with Gasteiger partial charge in [-0.15, -0.1) is 0 Å². The van der Waals surface area contributed by atoms with Gasteiger partial charge in [-0.05, 0) is 26.3 Å². The summed E-state index contributed by atoms with van der Waals surface area (Å²) in [5, 5.41) is 4.60. The Labute approximate surface area is 104 Å². The largest absolute Gasteiger partial charge is 0.269 e. The summed E-state index contributed by atoms with van der Waals surface area (Å²) in [5.74, 6) is 0. The quantitative estimate of drug-likeness (QED) is 0.744. The van der Waals surface area contributed by atoms with Crippen molar-refractivity contribution in [1.82, 2.24) is 9.78 Å². The fourth-order valence-electron chi connectivity index (χ4n) is 1.63. The van der Waals surface area contributed by atoms with Crippen LogP contribution in [0.2, 0.25) is 0 Å². The van der Waals surface area contributed by atoms with Gasteiger partial charge in [0, 0.05) is 17.8 Å². The van der Waals surface area contributed by atoms with E-state index in [4.69, 9.17) is 0 Å². The van der Waals surface area contributed by atoms with Gasteiger partial charge in [-0.3, -0.25) is 4.68 Å². The Bertz CT molecular complexity index is 441. The third kappa shape index (κ3) is 3.19. The SMILES string of the molecule is CC.Cc1cn(C(C)C)nc1-c1ccccc1. The van der Waals surface area contributed by atoms with Crippen LogP contribution in [0.4, 0.5) is 0 Å². The van der Waals surface area contributed by atoms with Crippen LogP contribution in [0, 0.1) is 6.92 Å². The second kappa shape index (κ2) is 6.24. The summed E-state index contributed by atoms with van der Waals surface area (Å²) >= 11 is 0. The van der Waals surface area contributed by atoms with Gasteiger partial charge in [0.2, 0.25) is 0 Å². The van der Waals surface area contributed by atoms with Crippen molar-refractivity contribution < 1.29 is 0 Å². The highest BCUT2D eigenvalue weighted by Gasteiger charge is 2.08. The van der Waals surface area contributed by atoms with Crippen LogP contribution < -0.4 is 0 Å². The van der Waals surface area contributed by atoms with Gasteiger partial charge in [-0.1, -0.05) is 44.2 Å². The molecule has 0 amide bonds. The number of aryl methyl sites for hydroxylation is 1. The minimum Gasteiger partial charge on any atom is -0.269 e. The van der Waals surface area contributed by atoms with Gasteiger partial charge in [0.1, 0.15) is 0 Å². The molecule has 1 aromatic carbocycles. The van der Waals surface area contributed by atoms with E-state index in [9.17, 15) is 0 Å². The van der Waals surface area contributed by atoms with Crippen molar-refractivity contribution >= 4 is 0 Å². The van der Waals surface area contributed by atoms with Crippen LogP contribution in [0.25, 0.3) is 11.3 Å². The lowest BCUT2D eigenvalue weighted by Crippen LogP contribution is -2.00. The normalized spacial score (nSPS) is 10.0. The Morgan fingerprint density at radius 1 is 1.06 bits per heavy atom. The topological polar surface area (TPSA) is 17.8 Å². The summed E-state index contributed by atoms with van der Waals surface area (Å²) in [6.45, 7) is 10.4. The first-order valence-corrected chi connectivity index (χ1v) is 6.29. The number of aromatic nitrogens is 2. The maximum atomic E-state index is 4.60. The van der Waals surface area contributed by atoms with Crippen molar-refractivity contribution in [3.05, 3.63) is 42.1 Å². The molecule has 17 heavy (non-hydrogen) atoms. The van der Waals surface area contributed by atoms with Gasteiger partial charge >= 0.3 is 0 Å². The average Bonchev–Trinajstić information content (AvgIpc) is 2.75. The van der Waals surface area contributed by atoms with Crippen LogP contribution >= 0.6 is 0 Å². The molecular weight excluding hydrogens is 208 g/mol. The van der Waals surface area contributed by atoms with E-state index >= 15 is 0 Å². The first-order chi connectivity index (χ1) is 8.18. The highest BCUT2D eigenvalue weighted by Crippen LogP contribution is 2.22. The predicted molar refractivity (Wildman–Crippen MR) is 74.1 cm³/mol. The number of nitrogens with zero attached hydrogens (tertiary/aromatic N) is 2. The molecule has 1 aromatic heterocycles. The van der Waals surface area contributed by atoms with Crippen LogP contribution in [-0.4, -0.2) is 9.78 Å². The van der Waals surface area contributed by atoms with Crippen LogP contribution in [0.3, 0.4) is 0 Å². The zero-order chi connectivity index (χ0) is 12.8. The second-order valence-corrected chi connectivity index (χ2v) is 4.10. The molecule has 0 aliphatic rings. The van der Waals surface area contributed by atoms with Crippen LogP contribution in [-0.2, 0) is 0 Å². The lowest BCUT2D eigenvalue weighted by molar-refractivity contribution is 0.533. The van der Waals surface area contributed by atoms with Gasteiger partial charge in [-0.25, -0.2) is 0 Å². The Kier molecular flexibility index (Phi) is 4.95. The summed E-state index contributed by atoms with van der Waals surface area (Å²) < 4.78 is 2.01. The van der Waals surface area contributed by atoms with Crippen molar-refractivity contribution in [2.75, 3.05) is 0 Å². The molecule has 2 nitrogen and oxygen atoms in total. The first-order valence-electron chi connectivity index (χ1n) is 6.29. The average molecular weight is 230 g/mol. The number of hydrogen-bond acceptors (Lipinski definition) is 1.